The SMILES string of the molecule is O=C(Cn1c(=O)oc2ccccc21)NNC(=O)c1cc(-c2ccccc2)n[nH]1. The van der Waals surface area contributed by atoms with Crippen LogP contribution in [0.4, 0.5) is 0 Å². The zero-order valence-electron chi connectivity index (χ0n) is 14.5. The van der Waals surface area contributed by atoms with Gasteiger partial charge in [-0.3, -0.25) is 30.1 Å². The first-order valence-electron chi connectivity index (χ1n) is 8.40. The fraction of sp³-hybridized carbons (Fsp3) is 0.0526. The zero-order valence-corrected chi connectivity index (χ0v) is 14.5. The molecule has 4 rings (SSSR count). The van der Waals surface area contributed by atoms with Gasteiger partial charge in [-0.1, -0.05) is 42.5 Å². The minimum Gasteiger partial charge on any atom is -0.408 e. The molecule has 2 aromatic carbocycles. The van der Waals surface area contributed by atoms with E-state index < -0.39 is 17.6 Å². The molecule has 9 heteroatoms. The summed E-state index contributed by atoms with van der Waals surface area (Å²) < 4.78 is 6.25. The van der Waals surface area contributed by atoms with Crippen LogP contribution in [0.3, 0.4) is 0 Å². The van der Waals surface area contributed by atoms with Gasteiger partial charge in [-0.15, -0.1) is 0 Å². The van der Waals surface area contributed by atoms with Gasteiger partial charge in [-0.05, 0) is 18.2 Å². The number of aromatic amines is 1. The zero-order chi connectivity index (χ0) is 19.5. The Kier molecular flexibility index (Phi) is 4.47. The Balaban J connectivity index is 1.40. The lowest BCUT2D eigenvalue weighted by molar-refractivity contribution is -0.122. The summed E-state index contributed by atoms with van der Waals surface area (Å²) in [6, 6.07) is 17.7. The van der Waals surface area contributed by atoms with Crippen LogP contribution in [0.25, 0.3) is 22.4 Å². The number of aromatic nitrogens is 3. The number of nitrogens with one attached hydrogen (secondary N) is 3. The van der Waals surface area contributed by atoms with Gasteiger partial charge in [0.15, 0.2) is 5.58 Å². The molecular formula is C19H15N5O4. The quantitative estimate of drug-likeness (QED) is 0.465. The molecule has 2 aromatic heterocycles. The second-order valence-electron chi connectivity index (χ2n) is 5.96. The molecule has 3 N–H and O–H groups in total. The Morgan fingerprint density at radius 2 is 1.79 bits per heavy atom. The average molecular weight is 377 g/mol. The van der Waals surface area contributed by atoms with Gasteiger partial charge >= 0.3 is 5.76 Å². The summed E-state index contributed by atoms with van der Waals surface area (Å²) in [4.78, 5) is 36.2. The third kappa shape index (κ3) is 3.40. The van der Waals surface area contributed by atoms with E-state index in [1.165, 1.54) is 4.57 Å². The second kappa shape index (κ2) is 7.23. The summed E-state index contributed by atoms with van der Waals surface area (Å²) in [5.74, 6) is -1.79. The highest BCUT2D eigenvalue weighted by Crippen LogP contribution is 2.16. The molecule has 0 aliphatic carbocycles. The molecule has 9 nitrogen and oxygen atoms in total. The summed E-state index contributed by atoms with van der Waals surface area (Å²) >= 11 is 0. The lowest BCUT2D eigenvalue weighted by Crippen LogP contribution is -2.44. The van der Waals surface area contributed by atoms with Crippen molar-refractivity contribution in [1.29, 1.82) is 0 Å². The van der Waals surface area contributed by atoms with Crippen molar-refractivity contribution in [3.63, 3.8) is 0 Å². The molecule has 0 fully saturated rings. The number of carbonyl (C=O) groups is 2. The highest BCUT2D eigenvalue weighted by molar-refractivity contribution is 5.94. The van der Waals surface area contributed by atoms with Crippen molar-refractivity contribution in [2.45, 2.75) is 6.54 Å². The summed E-state index contributed by atoms with van der Waals surface area (Å²) in [5, 5.41) is 6.71. The van der Waals surface area contributed by atoms with Crippen LogP contribution in [0.2, 0.25) is 0 Å². The summed E-state index contributed by atoms with van der Waals surface area (Å²) in [7, 11) is 0. The minimum absolute atomic E-state index is 0.185. The molecule has 0 saturated heterocycles. The van der Waals surface area contributed by atoms with Crippen LogP contribution in [-0.2, 0) is 11.3 Å². The number of carbonyl (C=O) groups excluding carboxylic acids is 2. The van der Waals surface area contributed by atoms with E-state index >= 15 is 0 Å². The van der Waals surface area contributed by atoms with E-state index in [4.69, 9.17) is 4.42 Å². The fourth-order valence-corrected chi connectivity index (χ4v) is 2.74. The van der Waals surface area contributed by atoms with Gasteiger partial charge in [0.1, 0.15) is 12.2 Å². The number of hydrogen-bond acceptors (Lipinski definition) is 5. The standard InChI is InChI=1S/C19H15N5O4/c25-17(11-24-15-8-4-5-9-16(15)28-19(24)27)22-23-18(26)14-10-13(20-21-14)12-6-2-1-3-7-12/h1-10H,11H2,(H,20,21)(H,22,25)(H,23,26). The molecular weight excluding hydrogens is 362 g/mol. The molecule has 0 unspecified atom stereocenters. The smallest absolute Gasteiger partial charge is 0.408 e. The molecule has 0 aliphatic rings. The van der Waals surface area contributed by atoms with Crippen molar-refractivity contribution in [1.82, 2.24) is 25.6 Å². The van der Waals surface area contributed by atoms with Gasteiger partial charge in [0.2, 0.25) is 0 Å². The van der Waals surface area contributed by atoms with Gasteiger partial charge in [0.05, 0.1) is 11.2 Å². The first-order chi connectivity index (χ1) is 13.6. The van der Waals surface area contributed by atoms with Crippen molar-refractivity contribution < 1.29 is 14.0 Å². The average Bonchev–Trinajstić information content (AvgIpc) is 3.32. The van der Waals surface area contributed by atoms with Crippen molar-refractivity contribution in [2.75, 3.05) is 0 Å². The second-order valence-corrected chi connectivity index (χ2v) is 5.96. The number of H-pyrrole nitrogens is 1. The molecule has 0 bridgehead atoms. The Bertz CT molecular complexity index is 1210. The molecule has 0 radical (unpaired) electrons. The predicted molar refractivity (Wildman–Crippen MR) is 100 cm³/mol. The van der Waals surface area contributed by atoms with Crippen LogP contribution in [0, 0.1) is 0 Å². The van der Waals surface area contributed by atoms with Crippen LogP contribution in [0.5, 0.6) is 0 Å². The predicted octanol–water partition coefficient (Wildman–Crippen LogP) is 1.45. The van der Waals surface area contributed by atoms with E-state index in [9.17, 15) is 14.4 Å². The van der Waals surface area contributed by atoms with Crippen LogP contribution < -0.4 is 16.6 Å². The largest absolute Gasteiger partial charge is 0.420 e. The van der Waals surface area contributed by atoms with Gasteiger partial charge in [0.25, 0.3) is 11.8 Å². The molecule has 2 heterocycles. The number of fused-ring (bicyclic) bond motifs is 1. The third-order valence-corrected chi connectivity index (χ3v) is 4.08. The van der Waals surface area contributed by atoms with Gasteiger partial charge in [-0.2, -0.15) is 5.10 Å². The first kappa shape index (κ1) is 17.3. The Labute approximate surface area is 157 Å². The van der Waals surface area contributed by atoms with Crippen LogP contribution in [-0.4, -0.2) is 26.6 Å². The maximum Gasteiger partial charge on any atom is 0.420 e. The van der Waals surface area contributed by atoms with Gasteiger partial charge in [0, 0.05) is 5.56 Å². The highest BCUT2D eigenvalue weighted by Gasteiger charge is 2.14. The maximum atomic E-state index is 12.2. The molecule has 0 aliphatic heterocycles. The number of oxazole rings is 1. The topological polar surface area (TPSA) is 122 Å². The monoisotopic (exact) mass is 377 g/mol. The molecule has 28 heavy (non-hydrogen) atoms. The van der Waals surface area contributed by atoms with Gasteiger partial charge < -0.3 is 4.42 Å². The summed E-state index contributed by atoms with van der Waals surface area (Å²) in [6.45, 7) is -0.297. The number of amides is 2. The normalized spacial score (nSPS) is 10.7. The molecule has 0 atom stereocenters. The Morgan fingerprint density at radius 3 is 2.61 bits per heavy atom. The molecule has 0 saturated carbocycles. The summed E-state index contributed by atoms with van der Waals surface area (Å²) in [6.07, 6.45) is 0. The Hall–Kier alpha value is -4.14. The van der Waals surface area contributed by atoms with E-state index in [0.717, 1.165) is 5.56 Å². The lowest BCUT2D eigenvalue weighted by Gasteiger charge is -2.06. The molecule has 0 spiro atoms. The van der Waals surface area contributed by atoms with E-state index in [1.807, 2.05) is 30.3 Å². The van der Waals surface area contributed by atoms with Crippen molar-refractivity contribution >= 4 is 22.9 Å². The number of nitrogens with zero attached hydrogens (tertiary/aromatic N) is 2. The van der Waals surface area contributed by atoms with Crippen molar-refractivity contribution in [2.24, 2.45) is 0 Å². The third-order valence-electron chi connectivity index (χ3n) is 4.08. The van der Waals surface area contributed by atoms with Crippen LogP contribution >= 0.6 is 0 Å². The van der Waals surface area contributed by atoms with Crippen molar-refractivity contribution in [3.8, 4) is 11.3 Å². The number of rotatable bonds is 4. The van der Waals surface area contributed by atoms with Crippen LogP contribution in [0.1, 0.15) is 10.5 Å². The Morgan fingerprint density at radius 1 is 1.04 bits per heavy atom. The van der Waals surface area contributed by atoms with E-state index in [-0.39, 0.29) is 12.2 Å². The molecule has 2 amide bonds. The molecule has 140 valence electrons. The summed E-state index contributed by atoms with van der Waals surface area (Å²) in [5.41, 5.74) is 7.09. The number of hydrazine groups is 1. The maximum absolute atomic E-state index is 12.2. The van der Waals surface area contributed by atoms with Crippen LogP contribution in [0.15, 0.2) is 69.9 Å². The van der Waals surface area contributed by atoms with Gasteiger partial charge in [-0.25, -0.2) is 4.79 Å². The highest BCUT2D eigenvalue weighted by atomic mass is 16.4. The van der Waals surface area contributed by atoms with E-state index in [1.54, 1.807) is 30.3 Å². The first-order valence-corrected chi connectivity index (χ1v) is 8.40. The fourth-order valence-electron chi connectivity index (χ4n) is 2.74. The minimum atomic E-state index is -0.649. The van der Waals surface area contributed by atoms with E-state index in [2.05, 4.69) is 21.0 Å². The number of benzene rings is 2. The number of para-hydroxylation sites is 2. The lowest BCUT2D eigenvalue weighted by atomic mass is 10.1. The number of hydrogen-bond donors (Lipinski definition) is 3. The van der Waals surface area contributed by atoms with E-state index in [0.29, 0.717) is 16.8 Å². The van der Waals surface area contributed by atoms with Crippen molar-refractivity contribution in [3.05, 3.63) is 76.9 Å². The molecule has 4 aromatic rings.